The summed E-state index contributed by atoms with van der Waals surface area (Å²) in [4.78, 5) is 12.1. The summed E-state index contributed by atoms with van der Waals surface area (Å²) in [5, 5.41) is 9.40. The summed E-state index contributed by atoms with van der Waals surface area (Å²) in [6, 6.07) is 23.7. The standard InChI is InChI=1S/C22H19N3O2/c26-22(16-27-21-11-10-18-6-4-5-7-19(18)12-21)23-13-17-14-24-25(15-17)20-8-2-1-3-9-20/h1-12,14-15H,13,16H2,(H,23,26). The molecule has 5 nitrogen and oxygen atoms in total. The van der Waals surface area contributed by atoms with E-state index in [0.29, 0.717) is 12.3 Å². The number of amides is 1. The van der Waals surface area contributed by atoms with Gasteiger partial charge in [-0.05, 0) is 35.0 Å². The molecular formula is C22H19N3O2. The molecule has 27 heavy (non-hydrogen) atoms. The van der Waals surface area contributed by atoms with E-state index in [-0.39, 0.29) is 12.5 Å². The van der Waals surface area contributed by atoms with E-state index >= 15 is 0 Å². The van der Waals surface area contributed by atoms with E-state index in [2.05, 4.69) is 10.4 Å². The highest BCUT2D eigenvalue weighted by Crippen LogP contribution is 2.20. The summed E-state index contributed by atoms with van der Waals surface area (Å²) < 4.78 is 7.39. The predicted octanol–water partition coefficient (Wildman–Crippen LogP) is 3.72. The smallest absolute Gasteiger partial charge is 0.258 e. The molecular weight excluding hydrogens is 338 g/mol. The number of carbonyl (C=O) groups is 1. The topological polar surface area (TPSA) is 56.1 Å². The van der Waals surface area contributed by atoms with Crippen LogP contribution in [0.25, 0.3) is 16.5 Å². The molecule has 0 bridgehead atoms. The molecule has 4 aromatic rings. The van der Waals surface area contributed by atoms with Gasteiger partial charge in [0.2, 0.25) is 0 Å². The molecule has 0 aliphatic heterocycles. The summed E-state index contributed by atoms with van der Waals surface area (Å²) in [5.41, 5.74) is 1.91. The van der Waals surface area contributed by atoms with Gasteiger partial charge in [-0.2, -0.15) is 5.10 Å². The number of benzene rings is 3. The zero-order valence-corrected chi connectivity index (χ0v) is 14.7. The molecule has 1 heterocycles. The number of nitrogens with zero attached hydrogens (tertiary/aromatic N) is 2. The van der Waals surface area contributed by atoms with Crippen molar-refractivity contribution in [3.63, 3.8) is 0 Å². The van der Waals surface area contributed by atoms with Gasteiger partial charge in [-0.25, -0.2) is 4.68 Å². The van der Waals surface area contributed by atoms with Crippen molar-refractivity contribution < 1.29 is 9.53 Å². The van der Waals surface area contributed by atoms with Crippen LogP contribution in [-0.4, -0.2) is 22.3 Å². The minimum Gasteiger partial charge on any atom is -0.484 e. The number of hydrogen-bond donors (Lipinski definition) is 1. The Morgan fingerprint density at radius 2 is 1.74 bits per heavy atom. The molecule has 0 saturated carbocycles. The third-order valence-electron chi connectivity index (χ3n) is 4.24. The monoisotopic (exact) mass is 357 g/mol. The van der Waals surface area contributed by atoms with Crippen LogP contribution in [0.5, 0.6) is 5.75 Å². The van der Waals surface area contributed by atoms with E-state index in [1.54, 1.807) is 10.9 Å². The SMILES string of the molecule is O=C(COc1ccc2ccccc2c1)NCc1cnn(-c2ccccc2)c1. The number of carbonyl (C=O) groups excluding carboxylic acids is 1. The van der Waals surface area contributed by atoms with Crippen LogP contribution in [0.2, 0.25) is 0 Å². The molecule has 0 spiro atoms. The first-order valence-electron chi connectivity index (χ1n) is 8.75. The van der Waals surface area contributed by atoms with Crippen molar-refractivity contribution in [1.29, 1.82) is 0 Å². The Balaban J connectivity index is 1.30. The third kappa shape index (κ3) is 4.15. The van der Waals surface area contributed by atoms with E-state index in [1.807, 2.05) is 79.0 Å². The average Bonchev–Trinajstić information content (AvgIpc) is 3.20. The highest BCUT2D eigenvalue weighted by atomic mass is 16.5. The van der Waals surface area contributed by atoms with Crippen molar-refractivity contribution in [2.24, 2.45) is 0 Å². The number of fused-ring (bicyclic) bond motifs is 1. The van der Waals surface area contributed by atoms with Crippen LogP contribution in [0, 0.1) is 0 Å². The Hall–Kier alpha value is -3.60. The van der Waals surface area contributed by atoms with Gasteiger partial charge in [-0.3, -0.25) is 4.79 Å². The van der Waals surface area contributed by atoms with Crippen LogP contribution in [-0.2, 0) is 11.3 Å². The summed E-state index contributed by atoms with van der Waals surface area (Å²) >= 11 is 0. The Kier molecular flexibility index (Phi) is 4.83. The Morgan fingerprint density at radius 1 is 0.963 bits per heavy atom. The molecule has 5 heteroatoms. The highest BCUT2D eigenvalue weighted by molar-refractivity contribution is 5.84. The maximum absolute atomic E-state index is 12.1. The average molecular weight is 357 g/mol. The second-order valence-electron chi connectivity index (χ2n) is 6.20. The van der Waals surface area contributed by atoms with Crippen LogP contribution in [0.4, 0.5) is 0 Å². The second-order valence-corrected chi connectivity index (χ2v) is 6.20. The molecule has 4 rings (SSSR count). The van der Waals surface area contributed by atoms with Gasteiger partial charge in [0, 0.05) is 18.3 Å². The fourth-order valence-electron chi connectivity index (χ4n) is 2.83. The van der Waals surface area contributed by atoms with Crippen molar-refractivity contribution in [1.82, 2.24) is 15.1 Å². The molecule has 134 valence electrons. The lowest BCUT2D eigenvalue weighted by Gasteiger charge is -2.08. The molecule has 3 aromatic carbocycles. The van der Waals surface area contributed by atoms with E-state index < -0.39 is 0 Å². The molecule has 0 fully saturated rings. The zero-order valence-electron chi connectivity index (χ0n) is 14.7. The third-order valence-corrected chi connectivity index (χ3v) is 4.24. The largest absolute Gasteiger partial charge is 0.484 e. The molecule has 0 atom stereocenters. The number of hydrogen-bond acceptors (Lipinski definition) is 3. The van der Waals surface area contributed by atoms with E-state index in [4.69, 9.17) is 4.74 Å². The van der Waals surface area contributed by atoms with Gasteiger partial charge in [0.25, 0.3) is 5.91 Å². The minimum absolute atomic E-state index is 0.0227. The van der Waals surface area contributed by atoms with E-state index in [0.717, 1.165) is 22.0 Å². The first-order valence-corrected chi connectivity index (χ1v) is 8.75. The van der Waals surface area contributed by atoms with E-state index in [9.17, 15) is 4.79 Å². The molecule has 0 aliphatic rings. The van der Waals surface area contributed by atoms with Crippen LogP contribution in [0.1, 0.15) is 5.56 Å². The summed E-state index contributed by atoms with van der Waals surface area (Å²) in [6.45, 7) is 0.387. The zero-order chi connectivity index (χ0) is 18.5. The number of aromatic nitrogens is 2. The van der Waals surface area contributed by atoms with Gasteiger partial charge in [0.05, 0.1) is 11.9 Å². The van der Waals surface area contributed by atoms with Crippen molar-refractivity contribution in [3.05, 3.63) is 90.8 Å². The van der Waals surface area contributed by atoms with Crippen LogP contribution in [0.15, 0.2) is 85.2 Å². The first kappa shape index (κ1) is 16.8. The van der Waals surface area contributed by atoms with E-state index in [1.165, 1.54) is 0 Å². The predicted molar refractivity (Wildman–Crippen MR) is 105 cm³/mol. The highest BCUT2D eigenvalue weighted by Gasteiger charge is 2.06. The lowest BCUT2D eigenvalue weighted by molar-refractivity contribution is -0.123. The molecule has 0 unspecified atom stereocenters. The molecule has 0 aliphatic carbocycles. The summed E-state index contributed by atoms with van der Waals surface area (Å²) in [5.74, 6) is 0.511. The Bertz CT molecular complexity index is 1060. The summed E-state index contributed by atoms with van der Waals surface area (Å²) in [7, 11) is 0. The fraction of sp³-hybridized carbons (Fsp3) is 0.0909. The first-order chi connectivity index (χ1) is 13.3. The van der Waals surface area contributed by atoms with Crippen LogP contribution in [0.3, 0.4) is 0 Å². The normalized spacial score (nSPS) is 10.7. The number of rotatable bonds is 6. The Morgan fingerprint density at radius 3 is 2.59 bits per heavy atom. The lowest BCUT2D eigenvalue weighted by Crippen LogP contribution is -2.28. The van der Waals surface area contributed by atoms with Crippen molar-refractivity contribution in [2.75, 3.05) is 6.61 Å². The quantitative estimate of drug-likeness (QED) is 0.572. The second kappa shape index (κ2) is 7.74. The van der Waals surface area contributed by atoms with Gasteiger partial charge in [0.15, 0.2) is 6.61 Å². The number of nitrogens with one attached hydrogen (secondary N) is 1. The lowest BCUT2D eigenvalue weighted by atomic mass is 10.1. The molecule has 1 aromatic heterocycles. The maximum atomic E-state index is 12.1. The van der Waals surface area contributed by atoms with Crippen LogP contribution < -0.4 is 10.1 Å². The van der Waals surface area contributed by atoms with Crippen molar-refractivity contribution in [2.45, 2.75) is 6.54 Å². The molecule has 0 saturated heterocycles. The van der Waals surface area contributed by atoms with Gasteiger partial charge in [-0.15, -0.1) is 0 Å². The molecule has 0 radical (unpaired) electrons. The van der Waals surface area contributed by atoms with Gasteiger partial charge >= 0.3 is 0 Å². The molecule has 1 amide bonds. The maximum Gasteiger partial charge on any atom is 0.258 e. The van der Waals surface area contributed by atoms with Gasteiger partial charge in [0.1, 0.15) is 5.75 Å². The number of ether oxygens (including phenoxy) is 1. The Labute approximate surface area is 157 Å². The number of para-hydroxylation sites is 1. The van der Waals surface area contributed by atoms with Gasteiger partial charge < -0.3 is 10.1 Å². The summed E-state index contributed by atoms with van der Waals surface area (Å²) in [6.07, 6.45) is 3.65. The minimum atomic E-state index is -0.171. The van der Waals surface area contributed by atoms with Gasteiger partial charge in [-0.1, -0.05) is 48.5 Å². The van der Waals surface area contributed by atoms with Crippen molar-refractivity contribution >= 4 is 16.7 Å². The fourth-order valence-corrected chi connectivity index (χ4v) is 2.83. The van der Waals surface area contributed by atoms with Crippen molar-refractivity contribution in [3.8, 4) is 11.4 Å². The van der Waals surface area contributed by atoms with Crippen LogP contribution >= 0.6 is 0 Å². The molecule has 1 N–H and O–H groups in total.